The fourth-order valence-electron chi connectivity index (χ4n) is 1.78. The van der Waals surface area contributed by atoms with Gasteiger partial charge in [0.1, 0.15) is 6.61 Å². The highest BCUT2D eigenvalue weighted by Crippen LogP contribution is 2.22. The number of anilines is 1. The summed E-state index contributed by atoms with van der Waals surface area (Å²) >= 11 is 2.90. The molecule has 2 rings (SSSR count). The highest BCUT2D eigenvalue weighted by Gasteiger charge is 2.17. The van der Waals surface area contributed by atoms with Crippen LogP contribution in [0.5, 0.6) is 0 Å². The van der Waals surface area contributed by atoms with Gasteiger partial charge < -0.3 is 4.74 Å². The summed E-state index contributed by atoms with van der Waals surface area (Å²) < 4.78 is 32.1. The number of sulfonamides is 1. The first-order chi connectivity index (χ1) is 11.7. The lowest BCUT2D eigenvalue weighted by molar-refractivity contribution is 0.0530. The van der Waals surface area contributed by atoms with Crippen LogP contribution < -0.4 is 4.72 Å². The van der Waals surface area contributed by atoms with Crippen molar-refractivity contribution in [3.05, 3.63) is 41.4 Å². The second kappa shape index (κ2) is 8.20. The molecule has 1 aromatic heterocycles. The summed E-state index contributed by atoms with van der Waals surface area (Å²) in [6, 6.07) is 5.62. The van der Waals surface area contributed by atoms with Crippen molar-refractivity contribution in [2.75, 3.05) is 17.1 Å². The van der Waals surface area contributed by atoms with Gasteiger partial charge in [-0.25, -0.2) is 18.2 Å². The Morgan fingerprint density at radius 1 is 1.28 bits per heavy atom. The first-order valence-electron chi connectivity index (χ1n) is 7.51. The Bertz CT molecular complexity index is 795. The fraction of sp³-hybridized carbons (Fsp3) is 0.375. The van der Waals surface area contributed by atoms with Gasteiger partial charge in [-0.3, -0.25) is 4.72 Å². The van der Waals surface area contributed by atoms with Gasteiger partial charge in [0.05, 0.1) is 10.5 Å². The summed E-state index contributed by atoms with van der Waals surface area (Å²) in [5.41, 5.74) is 0.314. The van der Waals surface area contributed by atoms with E-state index in [4.69, 9.17) is 4.74 Å². The Hall–Kier alpha value is -1.58. The minimum Gasteiger partial charge on any atom is -0.461 e. The molecule has 136 valence electrons. The van der Waals surface area contributed by atoms with Crippen LogP contribution in [0.3, 0.4) is 0 Å². The number of carbonyl (C=O) groups is 1. The molecule has 0 fully saturated rings. The zero-order valence-electron chi connectivity index (χ0n) is 14.2. The predicted molar refractivity (Wildman–Crippen MR) is 102 cm³/mol. The molecule has 0 saturated carbocycles. The second-order valence-electron chi connectivity index (χ2n) is 6.06. The third-order valence-electron chi connectivity index (χ3n) is 2.91. The Labute approximate surface area is 156 Å². The van der Waals surface area contributed by atoms with Gasteiger partial charge in [0.15, 0.2) is 5.13 Å². The Kier molecular flexibility index (Phi) is 6.47. The maximum atomic E-state index is 12.2. The molecular formula is C16H20N2O4S3. The van der Waals surface area contributed by atoms with Crippen LogP contribution >= 0.6 is 23.1 Å². The number of ether oxygens (including phenoxy) is 1. The van der Waals surface area contributed by atoms with Crippen LogP contribution in [0.25, 0.3) is 0 Å². The maximum Gasteiger partial charge on any atom is 0.338 e. The van der Waals surface area contributed by atoms with Gasteiger partial charge in [-0.05, 0) is 24.3 Å². The molecule has 1 aromatic carbocycles. The highest BCUT2D eigenvalue weighted by atomic mass is 32.2. The minimum atomic E-state index is -3.72. The van der Waals surface area contributed by atoms with E-state index in [1.165, 1.54) is 41.8 Å². The lowest BCUT2D eigenvalue weighted by atomic mass is 10.2. The summed E-state index contributed by atoms with van der Waals surface area (Å²) in [6.45, 7) is 6.60. The summed E-state index contributed by atoms with van der Waals surface area (Å²) in [4.78, 5) is 15.9. The number of hydrogen-bond acceptors (Lipinski definition) is 7. The van der Waals surface area contributed by atoms with Crippen LogP contribution in [0.4, 0.5) is 5.13 Å². The van der Waals surface area contributed by atoms with Crippen molar-refractivity contribution in [1.82, 2.24) is 4.98 Å². The molecule has 0 aliphatic heterocycles. The number of hydrogen-bond donors (Lipinski definition) is 1. The topological polar surface area (TPSA) is 85.4 Å². The molecule has 0 saturated heterocycles. The molecule has 6 nitrogen and oxygen atoms in total. The highest BCUT2D eigenvalue weighted by molar-refractivity contribution is 8.00. The average molecular weight is 401 g/mol. The van der Waals surface area contributed by atoms with Gasteiger partial charge in [0.25, 0.3) is 10.0 Å². The second-order valence-corrected chi connectivity index (χ2v) is 10.6. The minimum absolute atomic E-state index is 0.0579. The standard InChI is InChI=1S/C16H20N2O4S3/c1-16(2,3)24-11-9-22-14(19)12-4-6-13(7-5-12)25(20,21)18-15-17-8-10-23-15/h4-8,10H,9,11H2,1-3H3,(H,17,18). The van der Waals surface area contributed by atoms with E-state index in [0.29, 0.717) is 23.1 Å². The molecular weight excluding hydrogens is 380 g/mol. The number of benzene rings is 1. The predicted octanol–water partition coefficient (Wildman–Crippen LogP) is 3.63. The number of nitrogens with zero attached hydrogens (tertiary/aromatic N) is 1. The van der Waals surface area contributed by atoms with E-state index in [9.17, 15) is 13.2 Å². The largest absolute Gasteiger partial charge is 0.461 e. The van der Waals surface area contributed by atoms with Gasteiger partial charge in [-0.1, -0.05) is 20.8 Å². The van der Waals surface area contributed by atoms with E-state index < -0.39 is 16.0 Å². The van der Waals surface area contributed by atoms with Gasteiger partial charge in [-0.2, -0.15) is 11.8 Å². The molecule has 0 spiro atoms. The molecule has 1 heterocycles. The summed E-state index contributed by atoms with van der Waals surface area (Å²) in [6.07, 6.45) is 1.51. The zero-order chi connectivity index (χ0) is 18.5. The average Bonchev–Trinajstić information content (AvgIpc) is 3.03. The number of thioether (sulfide) groups is 1. The van der Waals surface area contributed by atoms with Crippen LogP contribution in [0.2, 0.25) is 0 Å². The van der Waals surface area contributed by atoms with E-state index in [2.05, 4.69) is 30.5 Å². The summed E-state index contributed by atoms with van der Waals surface area (Å²) in [5.74, 6) is 0.241. The molecule has 0 atom stereocenters. The lowest BCUT2D eigenvalue weighted by Gasteiger charge is -2.17. The molecule has 1 N–H and O–H groups in total. The Balaban J connectivity index is 1.93. The fourth-order valence-corrected chi connectivity index (χ4v) is 4.35. The summed E-state index contributed by atoms with van der Waals surface area (Å²) in [7, 11) is -3.72. The van der Waals surface area contributed by atoms with Crippen molar-refractivity contribution in [1.29, 1.82) is 0 Å². The quantitative estimate of drug-likeness (QED) is 0.564. The lowest BCUT2D eigenvalue weighted by Crippen LogP contribution is -2.14. The van der Waals surface area contributed by atoms with Crippen LogP contribution in [-0.2, 0) is 14.8 Å². The van der Waals surface area contributed by atoms with E-state index >= 15 is 0 Å². The zero-order valence-corrected chi connectivity index (χ0v) is 16.6. The Morgan fingerprint density at radius 3 is 2.52 bits per heavy atom. The number of thiazole rings is 1. The molecule has 9 heteroatoms. The van der Waals surface area contributed by atoms with Crippen LogP contribution in [0.1, 0.15) is 31.1 Å². The molecule has 0 unspecified atom stereocenters. The Morgan fingerprint density at radius 2 is 1.96 bits per heavy atom. The van der Waals surface area contributed by atoms with Crippen molar-refractivity contribution < 1.29 is 17.9 Å². The van der Waals surface area contributed by atoms with Crippen LogP contribution in [0.15, 0.2) is 40.7 Å². The SMILES string of the molecule is CC(C)(C)SCCOC(=O)c1ccc(S(=O)(=O)Nc2nccs2)cc1. The van der Waals surface area contributed by atoms with Crippen molar-refractivity contribution >= 4 is 44.2 Å². The van der Waals surface area contributed by atoms with E-state index in [-0.39, 0.29) is 9.64 Å². The third kappa shape index (κ3) is 6.33. The van der Waals surface area contributed by atoms with Crippen molar-refractivity contribution in [2.45, 2.75) is 30.4 Å². The van der Waals surface area contributed by atoms with Crippen LogP contribution in [-0.4, -0.2) is 36.5 Å². The van der Waals surface area contributed by atoms with E-state index in [0.717, 1.165) is 0 Å². The smallest absolute Gasteiger partial charge is 0.338 e. The van der Waals surface area contributed by atoms with Crippen molar-refractivity contribution in [3.8, 4) is 0 Å². The molecule has 2 aromatic rings. The molecule has 25 heavy (non-hydrogen) atoms. The monoisotopic (exact) mass is 400 g/mol. The van der Waals surface area contributed by atoms with Gasteiger partial charge >= 0.3 is 5.97 Å². The van der Waals surface area contributed by atoms with E-state index in [1.54, 1.807) is 17.1 Å². The van der Waals surface area contributed by atoms with Crippen molar-refractivity contribution in [2.24, 2.45) is 0 Å². The normalized spacial score (nSPS) is 12.0. The van der Waals surface area contributed by atoms with Gasteiger partial charge in [-0.15, -0.1) is 11.3 Å². The molecule has 0 amide bonds. The van der Waals surface area contributed by atoms with Crippen LogP contribution in [0, 0.1) is 0 Å². The molecule has 0 radical (unpaired) electrons. The number of rotatable bonds is 7. The van der Waals surface area contributed by atoms with Gasteiger partial charge in [0.2, 0.25) is 0 Å². The van der Waals surface area contributed by atoms with Crippen molar-refractivity contribution in [3.63, 3.8) is 0 Å². The van der Waals surface area contributed by atoms with Gasteiger partial charge in [0, 0.05) is 22.1 Å². The number of carbonyl (C=O) groups excluding carboxylic acids is 1. The number of esters is 1. The summed E-state index contributed by atoms with van der Waals surface area (Å²) in [5, 5.41) is 1.97. The number of aromatic nitrogens is 1. The molecule has 0 aliphatic carbocycles. The first kappa shape index (κ1) is 19.7. The molecule has 0 bridgehead atoms. The third-order valence-corrected chi connectivity index (χ3v) is 6.32. The van der Waals surface area contributed by atoms with E-state index in [1.807, 2.05) is 0 Å². The maximum absolute atomic E-state index is 12.2. The number of nitrogens with one attached hydrogen (secondary N) is 1. The molecule has 0 aliphatic rings. The first-order valence-corrected chi connectivity index (χ1v) is 10.9.